The molecule has 0 atom stereocenters. The summed E-state index contributed by atoms with van der Waals surface area (Å²) in [5.41, 5.74) is 0.172. The number of fused-ring (bicyclic) bond motifs is 1. The van der Waals surface area contributed by atoms with E-state index in [1.807, 2.05) is 0 Å². The van der Waals surface area contributed by atoms with E-state index in [2.05, 4.69) is 10.2 Å². The first-order valence-electron chi connectivity index (χ1n) is 6.54. The Morgan fingerprint density at radius 2 is 1.91 bits per heavy atom. The standard InChI is InChI=1S/C16H11FN2O3/c17-11-5-3-4-10(8-11)9-22-16(21)14-12-6-1-2-7-13(12)15(20)19-18-14/h1-8H,9H2,(H,19,20). The molecule has 0 saturated carbocycles. The molecule has 0 radical (unpaired) electrons. The van der Waals surface area contributed by atoms with Crippen molar-refractivity contribution in [2.24, 2.45) is 0 Å². The van der Waals surface area contributed by atoms with Gasteiger partial charge >= 0.3 is 5.97 Å². The van der Waals surface area contributed by atoms with E-state index in [-0.39, 0.29) is 17.9 Å². The number of halogens is 1. The van der Waals surface area contributed by atoms with Gasteiger partial charge in [-0.2, -0.15) is 5.10 Å². The summed E-state index contributed by atoms with van der Waals surface area (Å²) in [4.78, 5) is 23.8. The van der Waals surface area contributed by atoms with E-state index in [9.17, 15) is 14.0 Å². The molecular formula is C16H11FN2O3. The number of ether oxygens (including phenoxy) is 1. The number of rotatable bonds is 3. The molecule has 110 valence electrons. The molecule has 0 saturated heterocycles. The van der Waals surface area contributed by atoms with Gasteiger partial charge in [-0.05, 0) is 23.8 Å². The summed E-state index contributed by atoms with van der Waals surface area (Å²) in [5, 5.41) is 6.78. The fourth-order valence-electron chi connectivity index (χ4n) is 2.11. The number of esters is 1. The van der Waals surface area contributed by atoms with Gasteiger partial charge in [-0.1, -0.05) is 30.3 Å². The molecule has 0 aliphatic carbocycles. The molecule has 1 N–H and O–H groups in total. The Morgan fingerprint density at radius 1 is 1.14 bits per heavy atom. The van der Waals surface area contributed by atoms with E-state index >= 15 is 0 Å². The second kappa shape index (κ2) is 5.77. The third kappa shape index (κ3) is 2.71. The maximum Gasteiger partial charge on any atom is 0.359 e. The molecule has 0 fully saturated rings. The van der Waals surface area contributed by atoms with Crippen LogP contribution in [0.2, 0.25) is 0 Å². The minimum absolute atomic E-state index is 0.0200. The predicted octanol–water partition coefficient (Wildman–Crippen LogP) is 2.42. The van der Waals surface area contributed by atoms with Crippen LogP contribution in [0.4, 0.5) is 4.39 Å². The van der Waals surface area contributed by atoms with Crippen molar-refractivity contribution in [2.75, 3.05) is 0 Å². The van der Waals surface area contributed by atoms with E-state index < -0.39 is 11.8 Å². The van der Waals surface area contributed by atoms with Gasteiger partial charge in [0.05, 0.1) is 5.39 Å². The smallest absolute Gasteiger partial charge is 0.359 e. The Kier molecular flexibility index (Phi) is 3.65. The van der Waals surface area contributed by atoms with Crippen LogP contribution < -0.4 is 5.56 Å². The van der Waals surface area contributed by atoms with Gasteiger partial charge in [0.25, 0.3) is 5.56 Å². The Labute approximate surface area is 124 Å². The van der Waals surface area contributed by atoms with E-state index in [4.69, 9.17) is 4.74 Å². The van der Waals surface area contributed by atoms with Crippen molar-refractivity contribution in [3.05, 3.63) is 76.0 Å². The molecule has 0 spiro atoms. The molecule has 2 aromatic carbocycles. The van der Waals surface area contributed by atoms with Crippen LogP contribution in [0, 0.1) is 5.82 Å². The van der Waals surface area contributed by atoms with Crippen LogP contribution in [0.15, 0.2) is 53.3 Å². The molecule has 5 nitrogen and oxygen atoms in total. The molecule has 6 heteroatoms. The van der Waals surface area contributed by atoms with Crippen LogP contribution in [0.25, 0.3) is 10.8 Å². The Morgan fingerprint density at radius 3 is 2.68 bits per heavy atom. The number of nitrogens with zero attached hydrogens (tertiary/aromatic N) is 1. The summed E-state index contributed by atoms with van der Waals surface area (Å²) in [6, 6.07) is 12.4. The number of carbonyl (C=O) groups excluding carboxylic acids is 1. The highest BCUT2D eigenvalue weighted by atomic mass is 19.1. The van der Waals surface area contributed by atoms with Gasteiger partial charge in [-0.15, -0.1) is 0 Å². The summed E-state index contributed by atoms with van der Waals surface area (Å²) in [5.74, 6) is -1.09. The second-order valence-corrected chi connectivity index (χ2v) is 4.65. The number of hydrogen-bond donors (Lipinski definition) is 1. The summed E-state index contributed by atoms with van der Waals surface area (Å²) < 4.78 is 18.2. The zero-order chi connectivity index (χ0) is 15.5. The van der Waals surface area contributed by atoms with E-state index in [1.165, 1.54) is 18.2 Å². The average Bonchev–Trinajstić information content (AvgIpc) is 2.53. The van der Waals surface area contributed by atoms with Crippen molar-refractivity contribution >= 4 is 16.7 Å². The number of carbonyl (C=O) groups is 1. The highest BCUT2D eigenvalue weighted by molar-refractivity contribution is 6.01. The number of aromatic nitrogens is 2. The fourth-order valence-corrected chi connectivity index (χ4v) is 2.11. The first-order valence-corrected chi connectivity index (χ1v) is 6.54. The summed E-state index contributed by atoms with van der Waals surface area (Å²) in [6.07, 6.45) is 0. The van der Waals surface area contributed by atoms with Gasteiger partial charge in [0.1, 0.15) is 12.4 Å². The fraction of sp³-hybridized carbons (Fsp3) is 0.0625. The Hall–Kier alpha value is -3.02. The molecule has 3 aromatic rings. The third-order valence-electron chi connectivity index (χ3n) is 3.15. The molecule has 0 amide bonds. The van der Waals surface area contributed by atoms with Crippen LogP contribution >= 0.6 is 0 Å². The zero-order valence-corrected chi connectivity index (χ0v) is 11.4. The van der Waals surface area contributed by atoms with Crippen molar-refractivity contribution in [3.8, 4) is 0 Å². The number of H-pyrrole nitrogens is 1. The first kappa shape index (κ1) is 13.9. The van der Waals surface area contributed by atoms with Gasteiger partial charge < -0.3 is 4.74 Å². The van der Waals surface area contributed by atoms with Crippen LogP contribution in [-0.2, 0) is 11.3 Å². The van der Waals surface area contributed by atoms with Crippen molar-refractivity contribution < 1.29 is 13.9 Å². The van der Waals surface area contributed by atoms with Gasteiger partial charge in [0, 0.05) is 5.39 Å². The molecule has 3 rings (SSSR count). The highest BCUT2D eigenvalue weighted by Crippen LogP contribution is 2.14. The summed E-state index contributed by atoms with van der Waals surface area (Å²) >= 11 is 0. The lowest BCUT2D eigenvalue weighted by Crippen LogP contribution is -2.16. The normalized spacial score (nSPS) is 10.6. The van der Waals surface area contributed by atoms with Gasteiger partial charge in [0.15, 0.2) is 5.69 Å². The molecule has 0 bridgehead atoms. The molecule has 0 aliphatic rings. The van der Waals surface area contributed by atoms with Gasteiger partial charge in [0.2, 0.25) is 0 Å². The predicted molar refractivity (Wildman–Crippen MR) is 77.9 cm³/mol. The maximum atomic E-state index is 13.1. The lowest BCUT2D eigenvalue weighted by Gasteiger charge is -2.06. The maximum absolute atomic E-state index is 13.1. The van der Waals surface area contributed by atoms with Crippen LogP contribution in [0.1, 0.15) is 16.1 Å². The van der Waals surface area contributed by atoms with Crippen molar-refractivity contribution in [1.29, 1.82) is 0 Å². The highest BCUT2D eigenvalue weighted by Gasteiger charge is 2.15. The molecule has 1 aromatic heterocycles. The topological polar surface area (TPSA) is 72.0 Å². The van der Waals surface area contributed by atoms with Gasteiger partial charge in [-0.3, -0.25) is 4.79 Å². The van der Waals surface area contributed by atoms with Crippen molar-refractivity contribution in [2.45, 2.75) is 6.61 Å². The zero-order valence-electron chi connectivity index (χ0n) is 11.4. The molecule has 0 aliphatic heterocycles. The lowest BCUT2D eigenvalue weighted by atomic mass is 10.1. The van der Waals surface area contributed by atoms with E-state index in [0.29, 0.717) is 16.3 Å². The molecular weight excluding hydrogens is 287 g/mol. The monoisotopic (exact) mass is 298 g/mol. The minimum Gasteiger partial charge on any atom is -0.456 e. The molecule has 22 heavy (non-hydrogen) atoms. The van der Waals surface area contributed by atoms with Crippen LogP contribution in [0.5, 0.6) is 0 Å². The van der Waals surface area contributed by atoms with Gasteiger partial charge in [-0.25, -0.2) is 14.3 Å². The lowest BCUT2D eigenvalue weighted by molar-refractivity contribution is 0.0466. The van der Waals surface area contributed by atoms with Crippen LogP contribution in [-0.4, -0.2) is 16.2 Å². The van der Waals surface area contributed by atoms with E-state index in [1.54, 1.807) is 30.3 Å². The quantitative estimate of drug-likeness (QED) is 0.754. The third-order valence-corrected chi connectivity index (χ3v) is 3.15. The number of benzene rings is 2. The summed E-state index contributed by atoms with van der Waals surface area (Å²) in [7, 11) is 0. The largest absolute Gasteiger partial charge is 0.456 e. The minimum atomic E-state index is -0.684. The van der Waals surface area contributed by atoms with Crippen LogP contribution in [0.3, 0.4) is 0 Å². The number of nitrogens with one attached hydrogen (secondary N) is 1. The first-order chi connectivity index (χ1) is 10.6. The van der Waals surface area contributed by atoms with Crippen molar-refractivity contribution in [3.63, 3.8) is 0 Å². The second-order valence-electron chi connectivity index (χ2n) is 4.65. The summed E-state index contributed by atoms with van der Waals surface area (Å²) in [6.45, 7) is -0.0777. The van der Waals surface area contributed by atoms with Crippen molar-refractivity contribution in [1.82, 2.24) is 10.2 Å². The number of hydrogen-bond acceptors (Lipinski definition) is 4. The van der Waals surface area contributed by atoms with E-state index in [0.717, 1.165) is 0 Å². The molecule has 1 heterocycles. The number of aromatic amines is 1. The Balaban J connectivity index is 1.87. The SMILES string of the molecule is O=C(OCc1cccc(F)c1)c1n[nH]c(=O)c2ccccc12. The average molecular weight is 298 g/mol. The Bertz CT molecular complexity index is 905. The molecule has 0 unspecified atom stereocenters.